The van der Waals surface area contributed by atoms with Gasteiger partial charge in [0.15, 0.2) is 12.0 Å². The molecule has 0 saturated carbocycles. The maximum atomic E-state index is 13.7. The number of benzene rings is 1. The highest BCUT2D eigenvalue weighted by Crippen LogP contribution is 2.42. The van der Waals surface area contributed by atoms with Gasteiger partial charge in [0.05, 0.1) is 16.9 Å². The maximum Gasteiger partial charge on any atom is 0.416 e. The lowest BCUT2D eigenvalue weighted by Crippen LogP contribution is -2.23. The molecule has 1 fully saturated rings. The van der Waals surface area contributed by atoms with Crippen molar-refractivity contribution in [2.24, 2.45) is 0 Å². The third-order valence-electron chi connectivity index (χ3n) is 5.29. The highest BCUT2D eigenvalue weighted by atomic mass is 19.4. The Labute approximate surface area is 199 Å². The summed E-state index contributed by atoms with van der Waals surface area (Å²) in [6.07, 6.45) is -0.738. The number of hydrogen-bond donors (Lipinski definition) is 3. The van der Waals surface area contributed by atoms with E-state index in [1.54, 1.807) is 0 Å². The summed E-state index contributed by atoms with van der Waals surface area (Å²) in [4.78, 5) is 43.7. The molecule has 9 nitrogen and oxygen atoms in total. The van der Waals surface area contributed by atoms with Crippen molar-refractivity contribution in [2.75, 3.05) is 23.7 Å². The van der Waals surface area contributed by atoms with Crippen molar-refractivity contribution in [3.05, 3.63) is 41.5 Å². The van der Waals surface area contributed by atoms with Gasteiger partial charge in [-0.2, -0.15) is 13.2 Å². The average Bonchev–Trinajstić information content (AvgIpc) is 3.33. The van der Waals surface area contributed by atoms with Crippen LogP contribution < -0.4 is 20.7 Å². The molecular formula is C23H26F3N5O4. The van der Waals surface area contributed by atoms with E-state index < -0.39 is 23.6 Å². The van der Waals surface area contributed by atoms with Gasteiger partial charge in [0, 0.05) is 13.0 Å². The highest BCUT2D eigenvalue weighted by molar-refractivity contribution is 6.05. The lowest BCUT2D eigenvalue weighted by molar-refractivity contribution is -0.137. The van der Waals surface area contributed by atoms with Gasteiger partial charge in [-0.3, -0.25) is 14.4 Å². The first-order valence-corrected chi connectivity index (χ1v) is 11.2. The smallest absolute Gasteiger partial charge is 0.416 e. The van der Waals surface area contributed by atoms with Crippen LogP contribution in [0.1, 0.15) is 65.6 Å². The molecule has 12 heteroatoms. The molecular weight excluding hydrogens is 467 g/mol. The number of amides is 2. The zero-order valence-corrected chi connectivity index (χ0v) is 19.1. The molecule has 0 radical (unpaired) electrons. The number of carbonyl (C=O) groups excluding carboxylic acids is 3. The second kappa shape index (κ2) is 11.7. The van der Waals surface area contributed by atoms with Gasteiger partial charge in [0.1, 0.15) is 23.8 Å². The van der Waals surface area contributed by atoms with Gasteiger partial charge in [-0.25, -0.2) is 9.97 Å². The summed E-state index contributed by atoms with van der Waals surface area (Å²) in [5.41, 5.74) is -1.85. The first kappa shape index (κ1) is 26.1. The Kier molecular flexibility index (Phi) is 8.74. The topological polar surface area (TPSA) is 122 Å². The predicted octanol–water partition coefficient (Wildman–Crippen LogP) is 3.82. The number of halogens is 3. The van der Waals surface area contributed by atoms with Crippen LogP contribution in [-0.4, -0.2) is 47.3 Å². The molecule has 1 saturated heterocycles. The van der Waals surface area contributed by atoms with E-state index in [1.807, 2.05) is 6.92 Å². The number of carbonyl (C=O) groups is 3. The number of alkyl halides is 3. The van der Waals surface area contributed by atoms with E-state index in [-0.39, 0.29) is 41.0 Å². The van der Waals surface area contributed by atoms with Crippen molar-refractivity contribution >= 4 is 29.5 Å². The van der Waals surface area contributed by atoms with E-state index in [0.717, 1.165) is 37.4 Å². The average molecular weight is 493 g/mol. The van der Waals surface area contributed by atoms with Crippen LogP contribution >= 0.6 is 0 Å². The lowest BCUT2D eigenvalue weighted by atomic mass is 10.1. The number of aromatic nitrogens is 2. The van der Waals surface area contributed by atoms with Gasteiger partial charge in [0.2, 0.25) is 5.91 Å². The molecule has 1 aliphatic heterocycles. The number of nitrogens with one attached hydrogen (secondary N) is 3. The van der Waals surface area contributed by atoms with Crippen molar-refractivity contribution in [1.29, 1.82) is 0 Å². The van der Waals surface area contributed by atoms with Crippen LogP contribution in [0.25, 0.3) is 0 Å². The molecule has 35 heavy (non-hydrogen) atoms. The summed E-state index contributed by atoms with van der Waals surface area (Å²) in [5.74, 6) is -1.42. The standard InChI is InChI=1S/C23H26F3N5O4/c1-2-3-4-5-20(33)30-17-8-14(23(24,25)26)9-18(21(17)35-16-6-7-27-11-16)31-22(34)19-10-15(12-32)28-13-29-19/h8-10,12-13,16,27H,2-7,11H2,1H3,(H,30,33)(H,31,34). The molecule has 2 aromatic rings. The summed E-state index contributed by atoms with van der Waals surface area (Å²) in [5, 5.41) is 8.00. The Morgan fingerprint density at radius 3 is 2.54 bits per heavy atom. The van der Waals surface area contributed by atoms with Gasteiger partial charge in [0.25, 0.3) is 5.91 Å². The molecule has 1 aromatic heterocycles. The van der Waals surface area contributed by atoms with Gasteiger partial charge in [-0.1, -0.05) is 19.8 Å². The van der Waals surface area contributed by atoms with E-state index in [9.17, 15) is 27.6 Å². The number of nitrogens with zero attached hydrogens (tertiary/aromatic N) is 2. The molecule has 188 valence electrons. The second-order valence-corrected chi connectivity index (χ2v) is 8.04. The quantitative estimate of drug-likeness (QED) is 0.340. The Bertz CT molecular complexity index is 1070. The molecule has 3 N–H and O–H groups in total. The second-order valence-electron chi connectivity index (χ2n) is 8.04. The van der Waals surface area contributed by atoms with Gasteiger partial charge >= 0.3 is 6.18 Å². The van der Waals surface area contributed by atoms with Gasteiger partial charge < -0.3 is 20.7 Å². The van der Waals surface area contributed by atoms with Crippen LogP contribution in [0.15, 0.2) is 24.5 Å². The SMILES string of the molecule is CCCCCC(=O)Nc1cc(C(F)(F)F)cc(NC(=O)c2cc(C=O)ncn2)c1OC1CCNC1. The highest BCUT2D eigenvalue weighted by Gasteiger charge is 2.34. The third kappa shape index (κ3) is 7.22. The summed E-state index contributed by atoms with van der Waals surface area (Å²) in [7, 11) is 0. The minimum absolute atomic E-state index is 0.0669. The van der Waals surface area contributed by atoms with Crippen molar-refractivity contribution in [1.82, 2.24) is 15.3 Å². The number of aldehydes is 1. The molecule has 0 spiro atoms. The van der Waals surface area contributed by atoms with E-state index in [1.165, 1.54) is 0 Å². The fourth-order valence-electron chi connectivity index (χ4n) is 3.50. The van der Waals surface area contributed by atoms with Crippen LogP contribution in [0.5, 0.6) is 5.75 Å². The molecule has 2 heterocycles. The predicted molar refractivity (Wildman–Crippen MR) is 121 cm³/mol. The minimum Gasteiger partial charge on any atom is -0.485 e. The van der Waals surface area contributed by atoms with Crippen molar-refractivity contribution in [2.45, 2.75) is 51.3 Å². The number of hydrogen-bond acceptors (Lipinski definition) is 7. The van der Waals surface area contributed by atoms with Crippen molar-refractivity contribution in [3.8, 4) is 5.75 Å². The summed E-state index contributed by atoms with van der Waals surface area (Å²) in [6.45, 7) is 3.07. The Balaban J connectivity index is 2.01. The summed E-state index contributed by atoms with van der Waals surface area (Å²) in [6, 6.07) is 2.64. The van der Waals surface area contributed by atoms with Crippen LogP contribution in [-0.2, 0) is 11.0 Å². The van der Waals surface area contributed by atoms with Crippen LogP contribution in [0.4, 0.5) is 24.5 Å². The van der Waals surface area contributed by atoms with Gasteiger partial charge in [-0.05, 0) is 37.6 Å². The maximum absolute atomic E-state index is 13.7. The Morgan fingerprint density at radius 2 is 1.91 bits per heavy atom. The van der Waals surface area contributed by atoms with Crippen molar-refractivity contribution < 1.29 is 32.3 Å². The van der Waals surface area contributed by atoms with Crippen LogP contribution in [0.2, 0.25) is 0 Å². The molecule has 1 atom stereocenters. The number of ether oxygens (including phenoxy) is 1. The Hall–Kier alpha value is -3.54. The number of anilines is 2. The first-order valence-electron chi connectivity index (χ1n) is 11.2. The van der Waals surface area contributed by atoms with Crippen LogP contribution in [0, 0.1) is 0 Å². The third-order valence-corrected chi connectivity index (χ3v) is 5.29. The zero-order chi connectivity index (χ0) is 25.4. The van der Waals surface area contributed by atoms with E-state index in [2.05, 4.69) is 25.9 Å². The molecule has 1 aliphatic rings. The fourth-order valence-corrected chi connectivity index (χ4v) is 3.50. The molecule has 0 aliphatic carbocycles. The largest absolute Gasteiger partial charge is 0.485 e. The molecule has 1 aromatic carbocycles. The number of unbranched alkanes of at least 4 members (excludes halogenated alkanes) is 2. The lowest BCUT2D eigenvalue weighted by Gasteiger charge is -2.22. The molecule has 2 amide bonds. The Morgan fingerprint density at radius 1 is 1.17 bits per heavy atom. The zero-order valence-electron chi connectivity index (χ0n) is 19.1. The van der Waals surface area contributed by atoms with E-state index >= 15 is 0 Å². The van der Waals surface area contributed by atoms with Gasteiger partial charge in [-0.15, -0.1) is 0 Å². The van der Waals surface area contributed by atoms with Crippen LogP contribution in [0.3, 0.4) is 0 Å². The first-order chi connectivity index (χ1) is 16.7. The monoisotopic (exact) mass is 493 g/mol. The normalized spacial score (nSPS) is 15.5. The van der Waals surface area contributed by atoms with E-state index in [4.69, 9.17) is 4.74 Å². The summed E-state index contributed by atoms with van der Waals surface area (Å²) >= 11 is 0. The minimum atomic E-state index is -4.76. The molecule has 1 unspecified atom stereocenters. The molecule has 3 rings (SSSR count). The fraction of sp³-hybridized carbons (Fsp3) is 0.435. The van der Waals surface area contributed by atoms with Crippen molar-refractivity contribution in [3.63, 3.8) is 0 Å². The van der Waals surface area contributed by atoms with E-state index in [0.29, 0.717) is 32.2 Å². The summed E-state index contributed by atoms with van der Waals surface area (Å²) < 4.78 is 47.0. The number of rotatable bonds is 10. The molecule has 0 bridgehead atoms.